The lowest BCUT2D eigenvalue weighted by atomic mass is 10.2. The van der Waals surface area contributed by atoms with Crippen LogP contribution in [-0.2, 0) is 6.54 Å². The topological polar surface area (TPSA) is 62.0 Å². The molecular formula is C21H28F3IN4O2. The van der Waals surface area contributed by atoms with E-state index in [0.29, 0.717) is 19.0 Å². The zero-order chi connectivity index (χ0) is 21.4. The van der Waals surface area contributed by atoms with E-state index in [1.807, 2.05) is 12.1 Å². The maximum Gasteiger partial charge on any atom is 0.422 e. The van der Waals surface area contributed by atoms with E-state index in [1.54, 1.807) is 25.4 Å². The minimum Gasteiger partial charge on any atom is -0.484 e. The van der Waals surface area contributed by atoms with Crippen molar-refractivity contribution in [3.05, 3.63) is 54.0 Å². The maximum atomic E-state index is 12.2. The van der Waals surface area contributed by atoms with Gasteiger partial charge in [0.1, 0.15) is 11.5 Å². The Labute approximate surface area is 197 Å². The molecule has 2 heterocycles. The summed E-state index contributed by atoms with van der Waals surface area (Å²) in [5, 5.41) is 6.56. The zero-order valence-corrected chi connectivity index (χ0v) is 19.7. The van der Waals surface area contributed by atoms with Crippen molar-refractivity contribution in [2.45, 2.75) is 31.6 Å². The van der Waals surface area contributed by atoms with Crippen molar-refractivity contribution >= 4 is 29.9 Å². The molecule has 0 saturated carbocycles. The smallest absolute Gasteiger partial charge is 0.422 e. The minimum atomic E-state index is -4.35. The highest BCUT2D eigenvalue weighted by atomic mass is 127. The van der Waals surface area contributed by atoms with E-state index in [9.17, 15) is 13.2 Å². The van der Waals surface area contributed by atoms with Gasteiger partial charge in [-0.15, -0.1) is 24.0 Å². The summed E-state index contributed by atoms with van der Waals surface area (Å²) in [6.07, 6.45) is -0.283. The Bertz CT molecular complexity index is 792. The van der Waals surface area contributed by atoms with Crippen LogP contribution in [0.1, 0.15) is 30.2 Å². The van der Waals surface area contributed by atoms with Gasteiger partial charge < -0.3 is 19.8 Å². The van der Waals surface area contributed by atoms with Crippen molar-refractivity contribution < 1.29 is 22.3 Å². The molecule has 6 nitrogen and oxygen atoms in total. The van der Waals surface area contributed by atoms with Crippen molar-refractivity contribution in [2.75, 3.05) is 33.3 Å². The quantitative estimate of drug-likeness (QED) is 0.290. The third kappa shape index (κ3) is 8.24. The number of nitrogens with one attached hydrogen (secondary N) is 2. The second-order valence-electron chi connectivity index (χ2n) is 7.13. The van der Waals surface area contributed by atoms with Gasteiger partial charge in [0.2, 0.25) is 0 Å². The molecule has 0 aliphatic carbocycles. The molecule has 1 unspecified atom stereocenters. The minimum absolute atomic E-state index is 0. The zero-order valence-electron chi connectivity index (χ0n) is 17.3. The van der Waals surface area contributed by atoms with Gasteiger partial charge in [-0.3, -0.25) is 9.89 Å². The Morgan fingerprint density at radius 3 is 2.45 bits per heavy atom. The first-order chi connectivity index (χ1) is 14.4. The summed E-state index contributed by atoms with van der Waals surface area (Å²) in [7, 11) is 1.70. The molecule has 1 aromatic carbocycles. The molecule has 31 heavy (non-hydrogen) atoms. The molecule has 1 aliphatic rings. The SMILES string of the molecule is CN=C(NCc1ccc(OCC(F)(F)F)cc1)NCC(c1ccco1)N1CCCC1.I. The fourth-order valence-electron chi connectivity index (χ4n) is 3.41. The molecule has 2 aromatic rings. The molecule has 1 saturated heterocycles. The van der Waals surface area contributed by atoms with Gasteiger partial charge in [-0.1, -0.05) is 12.1 Å². The number of hydrogen-bond donors (Lipinski definition) is 2. The van der Waals surface area contributed by atoms with Gasteiger partial charge in [-0.25, -0.2) is 0 Å². The fourth-order valence-corrected chi connectivity index (χ4v) is 3.41. The maximum absolute atomic E-state index is 12.2. The van der Waals surface area contributed by atoms with Crippen molar-refractivity contribution in [1.82, 2.24) is 15.5 Å². The predicted octanol–water partition coefficient (Wildman–Crippen LogP) is 4.34. The van der Waals surface area contributed by atoms with Crippen LogP contribution in [0.15, 0.2) is 52.1 Å². The van der Waals surface area contributed by atoms with Gasteiger partial charge in [-0.05, 0) is 55.8 Å². The van der Waals surface area contributed by atoms with E-state index >= 15 is 0 Å². The van der Waals surface area contributed by atoms with E-state index in [4.69, 9.17) is 9.15 Å². The summed E-state index contributed by atoms with van der Waals surface area (Å²) in [5.74, 6) is 1.75. The first-order valence-corrected chi connectivity index (χ1v) is 9.95. The average molecular weight is 552 g/mol. The van der Waals surface area contributed by atoms with E-state index in [1.165, 1.54) is 25.0 Å². The van der Waals surface area contributed by atoms with Crippen molar-refractivity contribution in [3.63, 3.8) is 0 Å². The molecule has 10 heteroatoms. The average Bonchev–Trinajstić information content (AvgIpc) is 3.44. The largest absolute Gasteiger partial charge is 0.484 e. The summed E-state index contributed by atoms with van der Waals surface area (Å²) < 4.78 is 47.0. The van der Waals surface area contributed by atoms with Crippen LogP contribution in [0.2, 0.25) is 0 Å². The third-order valence-corrected chi connectivity index (χ3v) is 4.93. The van der Waals surface area contributed by atoms with Crippen LogP contribution in [0.3, 0.4) is 0 Å². The molecule has 0 bridgehead atoms. The predicted molar refractivity (Wildman–Crippen MR) is 124 cm³/mol. The Kier molecular flexibility index (Phi) is 9.94. The summed E-state index contributed by atoms with van der Waals surface area (Å²) in [6, 6.07) is 10.5. The number of rotatable bonds is 8. The van der Waals surface area contributed by atoms with Crippen LogP contribution in [0, 0.1) is 0 Å². The first kappa shape index (κ1) is 25.3. The summed E-state index contributed by atoms with van der Waals surface area (Å²) in [4.78, 5) is 6.65. The van der Waals surface area contributed by atoms with Crippen molar-refractivity contribution in [3.8, 4) is 5.75 Å². The number of alkyl halides is 3. The Morgan fingerprint density at radius 2 is 1.87 bits per heavy atom. The monoisotopic (exact) mass is 552 g/mol. The molecule has 2 N–H and O–H groups in total. The second kappa shape index (κ2) is 12.2. The molecular weight excluding hydrogens is 524 g/mol. The van der Waals surface area contributed by atoms with Crippen LogP contribution >= 0.6 is 24.0 Å². The van der Waals surface area contributed by atoms with Crippen LogP contribution in [0.5, 0.6) is 5.75 Å². The molecule has 3 rings (SSSR count). The van der Waals surface area contributed by atoms with Gasteiger partial charge in [0, 0.05) is 20.1 Å². The van der Waals surface area contributed by atoms with E-state index in [2.05, 4.69) is 20.5 Å². The van der Waals surface area contributed by atoms with E-state index in [0.717, 1.165) is 24.4 Å². The number of guanidine groups is 1. The highest BCUT2D eigenvalue weighted by molar-refractivity contribution is 14.0. The van der Waals surface area contributed by atoms with Gasteiger partial charge in [0.25, 0.3) is 0 Å². The number of furan rings is 1. The molecule has 1 aliphatic heterocycles. The van der Waals surface area contributed by atoms with Crippen molar-refractivity contribution in [1.29, 1.82) is 0 Å². The van der Waals surface area contributed by atoms with Crippen LogP contribution in [-0.4, -0.2) is 50.3 Å². The number of hydrogen-bond acceptors (Lipinski definition) is 4. The number of ether oxygens (including phenoxy) is 1. The summed E-state index contributed by atoms with van der Waals surface area (Å²) in [6.45, 7) is 1.92. The highest BCUT2D eigenvalue weighted by Crippen LogP contribution is 2.25. The molecule has 1 aromatic heterocycles. The van der Waals surface area contributed by atoms with Crippen LogP contribution in [0.4, 0.5) is 13.2 Å². The molecule has 1 fully saturated rings. The Morgan fingerprint density at radius 1 is 1.16 bits per heavy atom. The number of aliphatic imine (C=N–C) groups is 1. The first-order valence-electron chi connectivity index (χ1n) is 9.95. The second-order valence-corrected chi connectivity index (χ2v) is 7.13. The number of likely N-dealkylation sites (tertiary alicyclic amines) is 1. The molecule has 0 amide bonds. The third-order valence-electron chi connectivity index (χ3n) is 4.93. The Balaban J connectivity index is 0.00000341. The molecule has 172 valence electrons. The molecule has 1 atom stereocenters. The van der Waals surface area contributed by atoms with E-state index in [-0.39, 0.29) is 35.8 Å². The van der Waals surface area contributed by atoms with Gasteiger partial charge in [0.05, 0.1) is 12.3 Å². The number of benzene rings is 1. The normalized spacial score (nSPS) is 15.9. The van der Waals surface area contributed by atoms with Gasteiger partial charge >= 0.3 is 6.18 Å². The van der Waals surface area contributed by atoms with Crippen LogP contribution in [0.25, 0.3) is 0 Å². The van der Waals surface area contributed by atoms with Gasteiger partial charge in [-0.2, -0.15) is 13.2 Å². The lowest BCUT2D eigenvalue weighted by Gasteiger charge is -2.26. The standard InChI is InChI=1S/C21H27F3N4O2.HI/c1-25-20(26-13-16-6-8-17(9-7-16)30-15-21(22,23)24)27-14-18(19-5-4-12-29-19)28-10-2-3-11-28;/h4-9,12,18H,2-3,10-11,13-15H2,1H3,(H2,25,26,27);1H. The molecule has 0 radical (unpaired) electrons. The molecule has 0 spiro atoms. The number of nitrogens with zero attached hydrogens (tertiary/aromatic N) is 2. The van der Waals surface area contributed by atoms with Gasteiger partial charge in [0.15, 0.2) is 12.6 Å². The lowest BCUT2D eigenvalue weighted by Crippen LogP contribution is -2.42. The fraction of sp³-hybridized carbons (Fsp3) is 0.476. The highest BCUT2D eigenvalue weighted by Gasteiger charge is 2.28. The summed E-state index contributed by atoms with van der Waals surface area (Å²) >= 11 is 0. The Hall–Kier alpha value is -1.95. The lowest BCUT2D eigenvalue weighted by molar-refractivity contribution is -0.153. The number of halogens is 4. The van der Waals surface area contributed by atoms with Crippen LogP contribution < -0.4 is 15.4 Å². The van der Waals surface area contributed by atoms with Crippen molar-refractivity contribution in [2.24, 2.45) is 4.99 Å². The summed E-state index contributed by atoms with van der Waals surface area (Å²) in [5.41, 5.74) is 0.902. The van der Waals surface area contributed by atoms with E-state index < -0.39 is 12.8 Å².